The van der Waals surface area contributed by atoms with Gasteiger partial charge in [0.15, 0.2) is 0 Å². The lowest BCUT2D eigenvalue weighted by atomic mass is 9.92. The van der Waals surface area contributed by atoms with Crippen LogP contribution in [0.3, 0.4) is 0 Å². The maximum atomic E-state index is 5.85. The Hall–Kier alpha value is -2.58. The molecule has 116 valence electrons. The zero-order chi connectivity index (χ0) is 15.9. The minimum atomic E-state index is 0.433. The largest absolute Gasteiger partial charge is 0.457 e. The summed E-state index contributed by atoms with van der Waals surface area (Å²) in [5.41, 5.74) is 6.78. The Morgan fingerprint density at radius 1 is 0.696 bits per heavy atom. The van der Waals surface area contributed by atoms with Crippen molar-refractivity contribution in [2.24, 2.45) is 0 Å². The lowest BCUT2D eigenvalue weighted by Crippen LogP contribution is -2.53. The van der Waals surface area contributed by atoms with Crippen LogP contribution in [0.25, 0.3) is 0 Å². The van der Waals surface area contributed by atoms with Gasteiger partial charge < -0.3 is 10.5 Å². The third kappa shape index (κ3) is 4.21. The molecule has 1 atom stereocenters. The first-order chi connectivity index (χ1) is 11.3. The van der Waals surface area contributed by atoms with Crippen LogP contribution >= 0.6 is 0 Å². The molecule has 3 aromatic carbocycles. The van der Waals surface area contributed by atoms with E-state index in [-0.39, 0.29) is 0 Å². The van der Waals surface area contributed by atoms with E-state index in [2.05, 4.69) is 48.2 Å². The van der Waals surface area contributed by atoms with Crippen LogP contribution < -0.4 is 10.5 Å². The molecule has 0 amide bonds. The fourth-order valence-electron chi connectivity index (χ4n) is 2.72. The summed E-state index contributed by atoms with van der Waals surface area (Å²) in [6, 6.07) is 28.8. The Balaban J connectivity index is 1.70. The monoisotopic (exact) mass is 304 g/mol. The minimum absolute atomic E-state index is 0.433. The Bertz CT molecular complexity index is 708. The number of hydrogen-bond acceptors (Lipinski definition) is 1. The van der Waals surface area contributed by atoms with Gasteiger partial charge in [0.25, 0.3) is 0 Å². The molecule has 2 heteroatoms. The average Bonchev–Trinajstić information content (AvgIpc) is 2.62. The summed E-state index contributed by atoms with van der Waals surface area (Å²) in [5, 5.41) is 0. The molecular formula is C21H22NO+. The van der Waals surface area contributed by atoms with E-state index in [0.717, 1.165) is 24.5 Å². The predicted molar refractivity (Wildman–Crippen MR) is 93.6 cm³/mol. The quantitative estimate of drug-likeness (QED) is 0.733. The van der Waals surface area contributed by atoms with Gasteiger partial charge in [-0.3, -0.25) is 0 Å². The summed E-state index contributed by atoms with van der Waals surface area (Å²) in [7, 11) is 0. The van der Waals surface area contributed by atoms with Crippen LogP contribution in [0, 0.1) is 0 Å². The molecule has 0 spiro atoms. The Kier molecular flexibility index (Phi) is 5.07. The summed E-state index contributed by atoms with van der Waals surface area (Å²) < 4.78 is 5.85. The topological polar surface area (TPSA) is 36.9 Å². The molecule has 2 nitrogen and oxygen atoms in total. The molecule has 0 aliphatic heterocycles. The van der Waals surface area contributed by atoms with Gasteiger partial charge in [0.1, 0.15) is 11.5 Å². The number of rotatable bonds is 6. The second-order valence-electron chi connectivity index (χ2n) is 5.66. The van der Waals surface area contributed by atoms with E-state index in [1.54, 1.807) is 0 Å². The Morgan fingerprint density at radius 3 is 1.87 bits per heavy atom. The summed E-state index contributed by atoms with van der Waals surface area (Å²) in [6.07, 6.45) is 1.02. The van der Waals surface area contributed by atoms with Gasteiger partial charge in [-0.2, -0.15) is 0 Å². The molecular weight excluding hydrogens is 282 g/mol. The van der Waals surface area contributed by atoms with E-state index in [4.69, 9.17) is 4.74 Å². The number of hydrogen-bond donors (Lipinski definition) is 1. The smallest absolute Gasteiger partial charge is 0.127 e. The van der Waals surface area contributed by atoms with Gasteiger partial charge in [-0.05, 0) is 41.8 Å². The first-order valence-electron chi connectivity index (χ1n) is 8.01. The fourth-order valence-corrected chi connectivity index (χ4v) is 2.72. The summed E-state index contributed by atoms with van der Waals surface area (Å²) >= 11 is 0. The molecule has 0 saturated heterocycles. The van der Waals surface area contributed by atoms with E-state index in [1.165, 1.54) is 11.1 Å². The molecule has 0 saturated carbocycles. The fraction of sp³-hybridized carbons (Fsp3) is 0.143. The standard InChI is InChI=1S/C21H21NO/c22-16-19(15-17-7-3-1-4-8-17)18-11-13-21(14-12-18)23-20-9-5-2-6-10-20/h1-14,19H,15-16,22H2/p+1. The van der Waals surface area contributed by atoms with Crippen LogP contribution in [0.4, 0.5) is 0 Å². The zero-order valence-corrected chi connectivity index (χ0v) is 13.2. The second kappa shape index (κ2) is 7.61. The Labute approximate surface area is 137 Å². The van der Waals surface area contributed by atoms with Crippen molar-refractivity contribution < 1.29 is 10.5 Å². The van der Waals surface area contributed by atoms with Crippen molar-refractivity contribution in [3.8, 4) is 11.5 Å². The zero-order valence-electron chi connectivity index (χ0n) is 13.2. The molecule has 0 aliphatic rings. The predicted octanol–water partition coefficient (Wildman–Crippen LogP) is 4.05. The van der Waals surface area contributed by atoms with E-state index in [9.17, 15) is 0 Å². The molecule has 0 radical (unpaired) electrons. The highest BCUT2D eigenvalue weighted by Crippen LogP contribution is 2.25. The maximum absolute atomic E-state index is 5.85. The van der Waals surface area contributed by atoms with Crippen LogP contribution in [0.1, 0.15) is 17.0 Å². The molecule has 1 unspecified atom stereocenters. The van der Waals surface area contributed by atoms with Crippen molar-refractivity contribution in [3.05, 3.63) is 96.1 Å². The maximum Gasteiger partial charge on any atom is 0.127 e. The van der Waals surface area contributed by atoms with Crippen molar-refractivity contribution >= 4 is 0 Å². The highest BCUT2D eigenvalue weighted by molar-refractivity contribution is 5.34. The molecule has 3 aromatic rings. The van der Waals surface area contributed by atoms with Gasteiger partial charge in [-0.25, -0.2) is 0 Å². The molecule has 3 rings (SSSR count). The second-order valence-corrected chi connectivity index (χ2v) is 5.66. The number of benzene rings is 3. The number of ether oxygens (including phenoxy) is 1. The highest BCUT2D eigenvalue weighted by atomic mass is 16.5. The van der Waals surface area contributed by atoms with Crippen LogP contribution in [0.15, 0.2) is 84.9 Å². The average molecular weight is 304 g/mol. The van der Waals surface area contributed by atoms with Crippen LogP contribution in [-0.2, 0) is 6.42 Å². The van der Waals surface area contributed by atoms with Crippen LogP contribution in [0.2, 0.25) is 0 Å². The van der Waals surface area contributed by atoms with Gasteiger partial charge >= 0.3 is 0 Å². The molecule has 23 heavy (non-hydrogen) atoms. The summed E-state index contributed by atoms with van der Waals surface area (Å²) in [4.78, 5) is 0. The normalized spacial score (nSPS) is 11.9. The first kappa shape index (κ1) is 15.3. The lowest BCUT2D eigenvalue weighted by Gasteiger charge is -2.14. The summed E-state index contributed by atoms with van der Waals surface area (Å²) in [5.74, 6) is 2.16. The number of quaternary nitrogens is 1. The number of para-hydroxylation sites is 1. The van der Waals surface area contributed by atoms with Crippen LogP contribution in [-0.4, -0.2) is 6.54 Å². The van der Waals surface area contributed by atoms with Crippen molar-refractivity contribution in [2.75, 3.05) is 6.54 Å². The van der Waals surface area contributed by atoms with Gasteiger partial charge in [0.2, 0.25) is 0 Å². The van der Waals surface area contributed by atoms with Gasteiger partial charge in [-0.15, -0.1) is 0 Å². The van der Waals surface area contributed by atoms with Crippen molar-refractivity contribution in [2.45, 2.75) is 12.3 Å². The van der Waals surface area contributed by atoms with E-state index < -0.39 is 0 Å². The first-order valence-corrected chi connectivity index (χ1v) is 8.01. The van der Waals surface area contributed by atoms with Crippen molar-refractivity contribution in [3.63, 3.8) is 0 Å². The van der Waals surface area contributed by atoms with Gasteiger partial charge in [-0.1, -0.05) is 60.7 Å². The van der Waals surface area contributed by atoms with Gasteiger partial charge in [0.05, 0.1) is 6.54 Å². The van der Waals surface area contributed by atoms with Crippen molar-refractivity contribution in [1.82, 2.24) is 0 Å². The van der Waals surface area contributed by atoms with E-state index in [1.807, 2.05) is 42.5 Å². The van der Waals surface area contributed by atoms with Gasteiger partial charge in [0, 0.05) is 5.92 Å². The SMILES string of the molecule is [NH3+]CC(Cc1ccccc1)c1ccc(Oc2ccccc2)cc1. The Morgan fingerprint density at radius 2 is 1.26 bits per heavy atom. The molecule has 0 heterocycles. The minimum Gasteiger partial charge on any atom is -0.457 e. The third-order valence-corrected chi connectivity index (χ3v) is 4.00. The molecule has 0 aliphatic carbocycles. The highest BCUT2D eigenvalue weighted by Gasteiger charge is 2.12. The summed E-state index contributed by atoms with van der Waals surface area (Å²) in [6.45, 7) is 0.883. The lowest BCUT2D eigenvalue weighted by molar-refractivity contribution is -0.372. The molecule has 3 N–H and O–H groups in total. The molecule has 0 bridgehead atoms. The van der Waals surface area contributed by atoms with E-state index >= 15 is 0 Å². The molecule has 0 fully saturated rings. The van der Waals surface area contributed by atoms with E-state index in [0.29, 0.717) is 5.92 Å². The third-order valence-electron chi connectivity index (χ3n) is 4.00. The molecule has 0 aromatic heterocycles. The van der Waals surface area contributed by atoms with Crippen LogP contribution in [0.5, 0.6) is 11.5 Å². The van der Waals surface area contributed by atoms with Crippen molar-refractivity contribution in [1.29, 1.82) is 0 Å².